The van der Waals surface area contributed by atoms with Gasteiger partial charge in [0.15, 0.2) is 0 Å². The van der Waals surface area contributed by atoms with E-state index in [1.807, 2.05) is 0 Å². The van der Waals surface area contributed by atoms with Crippen LogP contribution in [-0.4, -0.2) is 0 Å². The number of halogens is 2. The Bertz CT molecular complexity index is 66.5. The van der Waals surface area contributed by atoms with Crippen LogP contribution >= 0.6 is 45.2 Å². The maximum absolute atomic E-state index is 2.36. The minimum Gasteiger partial charge on any atom is -0.0650 e. The van der Waals surface area contributed by atoms with Gasteiger partial charge in [-0.3, -0.25) is 0 Å². The predicted octanol–water partition coefficient (Wildman–Crippen LogP) is 3.50. The van der Waals surface area contributed by atoms with Crippen LogP contribution in [0, 0.1) is 0 Å². The first kappa shape index (κ1) is 8.20. The standard InChI is InChI=1S/C5H8I2/c1-2-3-5(7)4-6/h4H,2-3H2,1H3/b5-4+. The second-order valence-electron chi connectivity index (χ2n) is 1.31. The molecule has 0 amide bonds. The second-order valence-corrected chi connectivity index (χ2v) is 3.31. The summed E-state index contributed by atoms with van der Waals surface area (Å²) in [6.45, 7) is 2.19. The van der Waals surface area contributed by atoms with Crippen molar-refractivity contribution in [3.63, 3.8) is 0 Å². The normalized spacial score (nSPS) is 12.1. The Balaban J connectivity index is 3.17. The highest BCUT2D eigenvalue weighted by Gasteiger charge is 1.83. The first-order chi connectivity index (χ1) is 3.31. The van der Waals surface area contributed by atoms with E-state index < -0.39 is 0 Å². The average Bonchev–Trinajstić information content (AvgIpc) is 1.68. The van der Waals surface area contributed by atoms with Crippen molar-refractivity contribution in [2.45, 2.75) is 19.8 Å². The van der Waals surface area contributed by atoms with Crippen molar-refractivity contribution in [3.8, 4) is 0 Å². The van der Waals surface area contributed by atoms with Crippen LogP contribution in [0.5, 0.6) is 0 Å². The van der Waals surface area contributed by atoms with Gasteiger partial charge in [0.25, 0.3) is 0 Å². The zero-order valence-electron chi connectivity index (χ0n) is 4.25. The highest BCUT2D eigenvalue weighted by molar-refractivity contribution is 14.1. The summed E-state index contributed by atoms with van der Waals surface area (Å²) in [6, 6.07) is 0. The monoisotopic (exact) mass is 322 g/mol. The van der Waals surface area contributed by atoms with Crippen LogP contribution in [0.15, 0.2) is 7.66 Å². The fourth-order valence-electron chi connectivity index (χ4n) is 0.293. The van der Waals surface area contributed by atoms with E-state index in [1.165, 1.54) is 16.4 Å². The third-order valence-corrected chi connectivity index (χ3v) is 3.40. The van der Waals surface area contributed by atoms with Crippen molar-refractivity contribution in [3.05, 3.63) is 7.66 Å². The predicted molar refractivity (Wildman–Crippen MR) is 51.0 cm³/mol. The maximum Gasteiger partial charge on any atom is -0.00336 e. The molecule has 0 radical (unpaired) electrons. The molecule has 0 atom stereocenters. The van der Waals surface area contributed by atoms with Crippen LogP contribution in [0.25, 0.3) is 0 Å². The molecule has 0 rings (SSSR count). The highest BCUT2D eigenvalue weighted by Crippen LogP contribution is 2.14. The smallest absolute Gasteiger partial charge is 0.00336 e. The van der Waals surface area contributed by atoms with Gasteiger partial charge in [0.1, 0.15) is 0 Å². The summed E-state index contributed by atoms with van der Waals surface area (Å²) in [5, 5.41) is 0. The van der Waals surface area contributed by atoms with Crippen molar-refractivity contribution >= 4 is 45.2 Å². The number of rotatable bonds is 2. The molecule has 0 aromatic heterocycles. The minimum absolute atomic E-state index is 1.24. The molecule has 0 aliphatic carbocycles. The Hall–Kier alpha value is 1.20. The summed E-state index contributed by atoms with van der Waals surface area (Å²) in [7, 11) is 0. The maximum atomic E-state index is 2.36. The molecule has 0 unspecified atom stereocenters. The highest BCUT2D eigenvalue weighted by atomic mass is 127. The Labute approximate surface area is 72.0 Å². The molecule has 0 aromatic carbocycles. The molecule has 7 heavy (non-hydrogen) atoms. The van der Waals surface area contributed by atoms with E-state index in [0.29, 0.717) is 0 Å². The van der Waals surface area contributed by atoms with Crippen molar-refractivity contribution < 1.29 is 0 Å². The van der Waals surface area contributed by atoms with Crippen LogP contribution in [-0.2, 0) is 0 Å². The third kappa shape index (κ3) is 5.06. The summed E-state index contributed by atoms with van der Waals surface area (Å²) < 4.78 is 3.59. The fraction of sp³-hybridized carbons (Fsp3) is 0.600. The van der Waals surface area contributed by atoms with Crippen molar-refractivity contribution in [1.82, 2.24) is 0 Å². The lowest BCUT2D eigenvalue weighted by molar-refractivity contribution is 0.956. The van der Waals surface area contributed by atoms with Crippen molar-refractivity contribution in [2.75, 3.05) is 0 Å². The molecular formula is C5H8I2. The molecule has 0 spiro atoms. The summed E-state index contributed by atoms with van der Waals surface area (Å²) in [4.78, 5) is 0. The lowest BCUT2D eigenvalue weighted by Gasteiger charge is -1.87. The SMILES string of the molecule is CCC/C(I)=C\I. The molecule has 0 aromatic rings. The van der Waals surface area contributed by atoms with Gasteiger partial charge in [-0.05, 0) is 36.7 Å². The fourth-order valence-corrected chi connectivity index (χ4v) is 1.14. The summed E-state index contributed by atoms with van der Waals surface area (Å²) in [6.07, 6.45) is 2.50. The molecule has 0 aliphatic heterocycles. The molecule has 0 saturated heterocycles. The summed E-state index contributed by atoms with van der Waals surface area (Å²) in [5.74, 6) is 0. The van der Waals surface area contributed by atoms with Gasteiger partial charge in [0, 0.05) is 0 Å². The molecule has 2 heteroatoms. The molecule has 0 saturated carbocycles. The van der Waals surface area contributed by atoms with Gasteiger partial charge in [-0.25, -0.2) is 0 Å². The Kier molecular flexibility index (Phi) is 6.25. The molecule has 0 heterocycles. The largest absolute Gasteiger partial charge is 0.0650 e. The van der Waals surface area contributed by atoms with E-state index >= 15 is 0 Å². The van der Waals surface area contributed by atoms with Crippen LogP contribution in [0.2, 0.25) is 0 Å². The Morgan fingerprint density at radius 2 is 2.29 bits per heavy atom. The lowest BCUT2D eigenvalue weighted by atomic mass is 10.3. The molecule has 0 fully saturated rings. The van der Waals surface area contributed by atoms with E-state index in [2.05, 4.69) is 56.2 Å². The average molecular weight is 322 g/mol. The molecule has 0 N–H and O–H groups in total. The van der Waals surface area contributed by atoms with Gasteiger partial charge in [-0.1, -0.05) is 35.9 Å². The topological polar surface area (TPSA) is 0 Å². The van der Waals surface area contributed by atoms with E-state index in [9.17, 15) is 0 Å². The second kappa shape index (κ2) is 5.34. The molecule has 42 valence electrons. The quantitative estimate of drug-likeness (QED) is 0.683. The van der Waals surface area contributed by atoms with Gasteiger partial charge in [-0.2, -0.15) is 0 Å². The zero-order chi connectivity index (χ0) is 5.70. The minimum atomic E-state index is 1.24. The number of hydrogen-bond donors (Lipinski definition) is 0. The lowest BCUT2D eigenvalue weighted by Crippen LogP contribution is -1.64. The molecule has 0 aliphatic rings. The van der Waals surface area contributed by atoms with E-state index in [4.69, 9.17) is 0 Å². The Morgan fingerprint density at radius 3 is 2.43 bits per heavy atom. The summed E-state index contributed by atoms with van der Waals surface area (Å²) in [5.41, 5.74) is 0. The van der Waals surface area contributed by atoms with E-state index in [0.717, 1.165) is 0 Å². The van der Waals surface area contributed by atoms with E-state index in [1.54, 1.807) is 0 Å². The van der Waals surface area contributed by atoms with Gasteiger partial charge < -0.3 is 0 Å². The molecule has 0 nitrogen and oxygen atoms in total. The first-order valence-electron chi connectivity index (χ1n) is 2.26. The first-order valence-corrected chi connectivity index (χ1v) is 4.58. The van der Waals surface area contributed by atoms with Crippen LogP contribution in [0.1, 0.15) is 19.8 Å². The van der Waals surface area contributed by atoms with Gasteiger partial charge in [-0.15, -0.1) is 0 Å². The summed E-state index contributed by atoms with van der Waals surface area (Å²) >= 11 is 4.63. The van der Waals surface area contributed by atoms with Gasteiger partial charge in [0.05, 0.1) is 0 Å². The molecular weight excluding hydrogens is 314 g/mol. The van der Waals surface area contributed by atoms with Crippen molar-refractivity contribution in [1.29, 1.82) is 0 Å². The molecule has 0 bridgehead atoms. The number of allylic oxidation sites excluding steroid dienone is 1. The van der Waals surface area contributed by atoms with Crippen LogP contribution in [0.3, 0.4) is 0 Å². The third-order valence-electron chi connectivity index (χ3n) is 0.607. The van der Waals surface area contributed by atoms with Crippen LogP contribution < -0.4 is 0 Å². The number of hydrogen-bond acceptors (Lipinski definition) is 0. The zero-order valence-corrected chi connectivity index (χ0v) is 8.56. The van der Waals surface area contributed by atoms with Crippen LogP contribution in [0.4, 0.5) is 0 Å². The van der Waals surface area contributed by atoms with Gasteiger partial charge in [0.2, 0.25) is 0 Å². The van der Waals surface area contributed by atoms with E-state index in [-0.39, 0.29) is 0 Å². The van der Waals surface area contributed by atoms with Crippen molar-refractivity contribution in [2.24, 2.45) is 0 Å². The Morgan fingerprint density at radius 1 is 1.71 bits per heavy atom. The van der Waals surface area contributed by atoms with Gasteiger partial charge >= 0.3 is 0 Å².